The van der Waals surface area contributed by atoms with Gasteiger partial charge in [-0.3, -0.25) is 0 Å². The molecule has 0 aliphatic carbocycles. The summed E-state index contributed by atoms with van der Waals surface area (Å²) in [6, 6.07) is 0. The lowest BCUT2D eigenvalue weighted by molar-refractivity contribution is 0.156. The van der Waals surface area contributed by atoms with Crippen LogP contribution in [0.1, 0.15) is 32.1 Å². The van der Waals surface area contributed by atoms with Crippen LogP contribution in [0.2, 0.25) is 0 Å². The van der Waals surface area contributed by atoms with E-state index in [0.29, 0.717) is 6.61 Å². The van der Waals surface area contributed by atoms with Gasteiger partial charge in [-0.05, 0) is 26.2 Å². The Kier molecular flexibility index (Phi) is 9.44. The third kappa shape index (κ3) is 9.70. The molecular formula is C10H19O. The van der Waals surface area contributed by atoms with Crippen LogP contribution in [0.4, 0.5) is 0 Å². The highest BCUT2D eigenvalue weighted by Crippen LogP contribution is 2.02. The van der Waals surface area contributed by atoms with Crippen LogP contribution in [0.5, 0.6) is 0 Å². The molecule has 0 aliphatic rings. The molecule has 0 spiro atoms. The predicted octanol–water partition coefficient (Wildman–Crippen LogP) is 2.97. The van der Waals surface area contributed by atoms with Crippen molar-refractivity contribution >= 4 is 0 Å². The summed E-state index contributed by atoms with van der Waals surface area (Å²) in [6.07, 6.45) is 8.14. The predicted molar refractivity (Wildman–Crippen MR) is 49.5 cm³/mol. The summed E-state index contributed by atoms with van der Waals surface area (Å²) in [5.74, 6) is 0. The normalized spacial score (nSPS) is 9.91. The molecule has 0 aliphatic heterocycles. The lowest BCUT2D eigenvalue weighted by Crippen LogP contribution is -1.92. The minimum Gasteiger partial charge on any atom is -0.381 e. The first-order valence-corrected chi connectivity index (χ1v) is 4.39. The number of rotatable bonds is 8. The first-order valence-electron chi connectivity index (χ1n) is 4.39. The van der Waals surface area contributed by atoms with Gasteiger partial charge in [0.25, 0.3) is 0 Å². The Morgan fingerprint density at radius 3 is 2.45 bits per heavy atom. The van der Waals surface area contributed by atoms with Gasteiger partial charge in [0.1, 0.15) is 0 Å². The molecule has 0 saturated carbocycles. The molecule has 0 N–H and O–H groups in total. The van der Waals surface area contributed by atoms with Gasteiger partial charge in [0.15, 0.2) is 0 Å². The van der Waals surface area contributed by atoms with Crippen LogP contribution in [0, 0.1) is 6.92 Å². The second kappa shape index (κ2) is 9.70. The highest BCUT2D eigenvalue weighted by atomic mass is 16.5. The van der Waals surface area contributed by atoms with E-state index in [-0.39, 0.29) is 0 Å². The average Bonchev–Trinajstić information content (AvgIpc) is 2.03. The molecule has 0 atom stereocenters. The maximum absolute atomic E-state index is 5.11. The van der Waals surface area contributed by atoms with Crippen molar-refractivity contribution in [2.24, 2.45) is 0 Å². The first kappa shape index (κ1) is 10.7. The molecule has 1 heteroatoms. The summed E-state index contributed by atoms with van der Waals surface area (Å²) in [4.78, 5) is 0. The zero-order valence-corrected chi connectivity index (χ0v) is 7.35. The van der Waals surface area contributed by atoms with Crippen LogP contribution < -0.4 is 0 Å². The SMILES string of the molecule is [CH2]COCCCCCCC=C. The third-order valence-electron chi connectivity index (χ3n) is 1.59. The minimum atomic E-state index is 0.604. The average molecular weight is 155 g/mol. The molecule has 1 nitrogen and oxygen atoms in total. The Morgan fingerprint density at radius 2 is 1.82 bits per heavy atom. The summed E-state index contributed by atoms with van der Waals surface area (Å²) in [7, 11) is 0. The van der Waals surface area contributed by atoms with Crippen LogP contribution in [0.3, 0.4) is 0 Å². The molecule has 11 heavy (non-hydrogen) atoms. The molecule has 0 fully saturated rings. The van der Waals surface area contributed by atoms with Crippen molar-refractivity contribution in [3.8, 4) is 0 Å². The van der Waals surface area contributed by atoms with E-state index in [1.165, 1.54) is 25.7 Å². The van der Waals surface area contributed by atoms with Crippen molar-refractivity contribution in [1.82, 2.24) is 0 Å². The summed E-state index contributed by atoms with van der Waals surface area (Å²) < 4.78 is 5.11. The zero-order chi connectivity index (χ0) is 8.36. The molecule has 0 bridgehead atoms. The van der Waals surface area contributed by atoms with Crippen LogP contribution in [0.15, 0.2) is 12.7 Å². The largest absolute Gasteiger partial charge is 0.381 e. The fourth-order valence-corrected chi connectivity index (χ4v) is 0.948. The smallest absolute Gasteiger partial charge is 0.0466 e. The van der Waals surface area contributed by atoms with Gasteiger partial charge >= 0.3 is 0 Å². The maximum atomic E-state index is 5.11. The highest BCUT2D eigenvalue weighted by molar-refractivity contribution is 4.65. The van der Waals surface area contributed by atoms with Gasteiger partial charge in [-0.25, -0.2) is 0 Å². The topological polar surface area (TPSA) is 9.23 Å². The van der Waals surface area contributed by atoms with Crippen molar-refractivity contribution < 1.29 is 4.74 Å². The second-order valence-corrected chi connectivity index (χ2v) is 2.60. The van der Waals surface area contributed by atoms with Gasteiger partial charge in [0.05, 0.1) is 0 Å². The van der Waals surface area contributed by atoms with E-state index in [1.54, 1.807) is 0 Å². The molecule has 1 radical (unpaired) electrons. The van der Waals surface area contributed by atoms with Crippen molar-refractivity contribution in [3.63, 3.8) is 0 Å². The Balaban J connectivity index is 2.74. The van der Waals surface area contributed by atoms with Crippen LogP contribution in [0.25, 0.3) is 0 Å². The van der Waals surface area contributed by atoms with Crippen molar-refractivity contribution in [2.45, 2.75) is 32.1 Å². The molecule has 0 rings (SSSR count). The monoisotopic (exact) mass is 155 g/mol. The van der Waals surface area contributed by atoms with Crippen LogP contribution >= 0.6 is 0 Å². The van der Waals surface area contributed by atoms with Gasteiger partial charge in [-0.1, -0.05) is 18.9 Å². The van der Waals surface area contributed by atoms with E-state index in [0.717, 1.165) is 13.0 Å². The van der Waals surface area contributed by atoms with Gasteiger partial charge < -0.3 is 4.74 Å². The lowest BCUT2D eigenvalue weighted by atomic mass is 10.1. The zero-order valence-electron chi connectivity index (χ0n) is 7.35. The lowest BCUT2D eigenvalue weighted by Gasteiger charge is -1.99. The van der Waals surface area contributed by atoms with E-state index >= 15 is 0 Å². The molecule has 0 aromatic rings. The molecule has 65 valence electrons. The Morgan fingerprint density at radius 1 is 1.09 bits per heavy atom. The Labute approximate surface area is 70.4 Å². The van der Waals surface area contributed by atoms with Gasteiger partial charge in [-0.2, -0.15) is 0 Å². The standard InChI is InChI=1S/C10H19O/c1-3-5-6-7-8-9-10-11-4-2/h3H,1-2,4-10H2. The second-order valence-electron chi connectivity index (χ2n) is 2.60. The number of allylic oxidation sites excluding steroid dienone is 1. The number of hydrogen-bond acceptors (Lipinski definition) is 1. The molecule has 0 aromatic heterocycles. The van der Waals surface area contributed by atoms with E-state index in [9.17, 15) is 0 Å². The van der Waals surface area contributed by atoms with E-state index in [4.69, 9.17) is 4.74 Å². The van der Waals surface area contributed by atoms with E-state index in [1.807, 2.05) is 6.08 Å². The van der Waals surface area contributed by atoms with Gasteiger partial charge in [0.2, 0.25) is 0 Å². The molecule has 0 aromatic carbocycles. The quantitative estimate of drug-likeness (QED) is 0.387. The molecule has 0 amide bonds. The van der Waals surface area contributed by atoms with Crippen LogP contribution in [-0.2, 0) is 4.74 Å². The summed E-state index contributed by atoms with van der Waals surface area (Å²) >= 11 is 0. The maximum Gasteiger partial charge on any atom is 0.0466 e. The highest BCUT2D eigenvalue weighted by Gasteiger charge is 1.87. The Bertz CT molecular complexity index is 78.9. The number of unbranched alkanes of at least 4 members (excludes halogenated alkanes) is 4. The number of hydrogen-bond donors (Lipinski definition) is 0. The third-order valence-corrected chi connectivity index (χ3v) is 1.59. The van der Waals surface area contributed by atoms with E-state index < -0.39 is 0 Å². The van der Waals surface area contributed by atoms with Crippen molar-refractivity contribution in [3.05, 3.63) is 19.6 Å². The molecule has 0 heterocycles. The summed E-state index contributed by atoms with van der Waals surface area (Å²) in [5, 5.41) is 0. The molecule has 0 saturated heterocycles. The fraction of sp³-hybridized carbons (Fsp3) is 0.700. The summed E-state index contributed by atoms with van der Waals surface area (Å²) in [5.41, 5.74) is 0. The number of ether oxygens (including phenoxy) is 1. The van der Waals surface area contributed by atoms with E-state index in [2.05, 4.69) is 13.5 Å². The fourth-order valence-electron chi connectivity index (χ4n) is 0.948. The van der Waals surface area contributed by atoms with Gasteiger partial charge in [0, 0.05) is 13.2 Å². The molecular weight excluding hydrogens is 136 g/mol. The summed E-state index contributed by atoms with van der Waals surface area (Å²) in [6.45, 7) is 8.75. The Hall–Kier alpha value is -0.300. The minimum absolute atomic E-state index is 0.604. The van der Waals surface area contributed by atoms with Gasteiger partial charge in [-0.15, -0.1) is 6.58 Å². The van der Waals surface area contributed by atoms with Crippen LogP contribution in [-0.4, -0.2) is 13.2 Å². The van der Waals surface area contributed by atoms with Crippen molar-refractivity contribution in [2.75, 3.05) is 13.2 Å². The first-order chi connectivity index (χ1) is 5.41. The van der Waals surface area contributed by atoms with Crippen molar-refractivity contribution in [1.29, 1.82) is 0 Å². The molecule has 0 unspecified atom stereocenters.